The lowest BCUT2D eigenvalue weighted by Crippen LogP contribution is -2.52. The molecule has 1 saturated carbocycles. The highest BCUT2D eigenvalue weighted by atomic mass is 35.5. The second-order valence-electron chi connectivity index (χ2n) is 7.97. The predicted molar refractivity (Wildman–Crippen MR) is 108 cm³/mol. The molecule has 5 nitrogen and oxygen atoms in total. The molecule has 1 aromatic rings. The first-order chi connectivity index (χ1) is 13.0. The van der Waals surface area contributed by atoms with Crippen molar-refractivity contribution in [1.29, 1.82) is 0 Å². The summed E-state index contributed by atoms with van der Waals surface area (Å²) in [5.74, 6) is 0.265. The molecule has 1 heterocycles. The van der Waals surface area contributed by atoms with Crippen LogP contribution in [0.1, 0.15) is 44.1 Å². The van der Waals surface area contributed by atoms with E-state index < -0.39 is 0 Å². The van der Waals surface area contributed by atoms with Gasteiger partial charge in [0.2, 0.25) is 11.8 Å². The number of amides is 2. The Balaban J connectivity index is 1.50. The molecule has 0 bridgehead atoms. The minimum Gasteiger partial charge on any atom is -0.339 e. The molecule has 0 aromatic heterocycles. The fourth-order valence-corrected chi connectivity index (χ4v) is 4.51. The van der Waals surface area contributed by atoms with Gasteiger partial charge in [0.25, 0.3) is 0 Å². The van der Waals surface area contributed by atoms with Gasteiger partial charge in [0.1, 0.15) is 0 Å². The van der Waals surface area contributed by atoms with E-state index in [0.717, 1.165) is 18.4 Å². The normalized spacial score (nSPS) is 19.8. The maximum absolute atomic E-state index is 12.8. The van der Waals surface area contributed by atoms with Crippen molar-refractivity contribution >= 4 is 23.4 Å². The molecule has 0 unspecified atom stereocenters. The van der Waals surface area contributed by atoms with Gasteiger partial charge in [-0.25, -0.2) is 0 Å². The van der Waals surface area contributed by atoms with Crippen molar-refractivity contribution in [3.8, 4) is 0 Å². The molecule has 2 aliphatic rings. The maximum atomic E-state index is 12.8. The van der Waals surface area contributed by atoms with Gasteiger partial charge in [-0.3, -0.25) is 9.59 Å². The molecule has 1 aliphatic carbocycles. The van der Waals surface area contributed by atoms with E-state index in [1.165, 1.54) is 19.3 Å². The van der Waals surface area contributed by atoms with Crippen LogP contribution >= 0.6 is 11.6 Å². The Morgan fingerprint density at radius 3 is 2.15 bits per heavy atom. The monoisotopic (exact) mass is 391 g/mol. The van der Waals surface area contributed by atoms with Crippen LogP contribution in [0.15, 0.2) is 24.3 Å². The van der Waals surface area contributed by atoms with Gasteiger partial charge in [0.15, 0.2) is 0 Å². The Labute approximate surface area is 166 Å². The fourth-order valence-electron chi connectivity index (χ4n) is 4.31. The van der Waals surface area contributed by atoms with Gasteiger partial charge in [0.05, 0.1) is 6.42 Å². The van der Waals surface area contributed by atoms with Crippen LogP contribution < -0.4 is 5.73 Å². The summed E-state index contributed by atoms with van der Waals surface area (Å²) >= 11 is 6.16. The lowest BCUT2D eigenvalue weighted by molar-refractivity contribution is -0.141. The molecule has 2 amide bonds. The molecule has 27 heavy (non-hydrogen) atoms. The van der Waals surface area contributed by atoms with Crippen LogP contribution in [0.2, 0.25) is 5.02 Å². The molecular formula is C21H30ClN3O2. The van der Waals surface area contributed by atoms with E-state index in [4.69, 9.17) is 17.3 Å². The van der Waals surface area contributed by atoms with Crippen molar-refractivity contribution in [2.75, 3.05) is 32.7 Å². The molecule has 1 saturated heterocycles. The summed E-state index contributed by atoms with van der Waals surface area (Å²) in [6.45, 7) is 2.98. The Morgan fingerprint density at radius 2 is 1.56 bits per heavy atom. The van der Waals surface area contributed by atoms with Crippen LogP contribution in [-0.2, 0) is 16.0 Å². The summed E-state index contributed by atoms with van der Waals surface area (Å²) in [5, 5.41) is 0.624. The number of benzene rings is 1. The van der Waals surface area contributed by atoms with Gasteiger partial charge < -0.3 is 15.5 Å². The van der Waals surface area contributed by atoms with Crippen LogP contribution in [-0.4, -0.2) is 54.3 Å². The Morgan fingerprint density at radius 1 is 0.963 bits per heavy atom. The van der Waals surface area contributed by atoms with Crippen LogP contribution in [0, 0.1) is 5.41 Å². The molecule has 3 rings (SSSR count). The van der Waals surface area contributed by atoms with Crippen molar-refractivity contribution < 1.29 is 9.59 Å². The second kappa shape index (κ2) is 9.07. The first kappa shape index (κ1) is 20.2. The molecule has 6 heteroatoms. The Bertz CT molecular complexity index is 665. The van der Waals surface area contributed by atoms with E-state index in [-0.39, 0.29) is 17.2 Å². The molecule has 1 aliphatic heterocycles. The highest BCUT2D eigenvalue weighted by molar-refractivity contribution is 6.31. The molecule has 148 valence electrons. The van der Waals surface area contributed by atoms with Gasteiger partial charge in [-0.15, -0.1) is 0 Å². The van der Waals surface area contributed by atoms with Crippen molar-refractivity contribution in [3.63, 3.8) is 0 Å². The molecular weight excluding hydrogens is 362 g/mol. The Kier molecular flexibility index (Phi) is 6.77. The van der Waals surface area contributed by atoms with Gasteiger partial charge in [-0.05, 0) is 36.4 Å². The van der Waals surface area contributed by atoms with Gasteiger partial charge >= 0.3 is 0 Å². The van der Waals surface area contributed by atoms with Crippen LogP contribution in [0.4, 0.5) is 0 Å². The van der Waals surface area contributed by atoms with E-state index >= 15 is 0 Å². The number of hydrogen-bond acceptors (Lipinski definition) is 3. The van der Waals surface area contributed by atoms with Crippen molar-refractivity contribution in [2.45, 2.75) is 44.9 Å². The smallest absolute Gasteiger partial charge is 0.227 e. The third-order valence-electron chi connectivity index (χ3n) is 6.16. The number of carbonyl (C=O) groups is 2. The number of hydrogen-bond donors (Lipinski definition) is 1. The number of nitrogens with two attached hydrogens (primary N) is 1. The number of nitrogens with zero attached hydrogens (tertiary/aromatic N) is 2. The topological polar surface area (TPSA) is 66.6 Å². The average Bonchev–Trinajstić information content (AvgIpc) is 2.70. The van der Waals surface area contributed by atoms with Crippen molar-refractivity contribution in [2.24, 2.45) is 11.1 Å². The summed E-state index contributed by atoms with van der Waals surface area (Å²) in [6, 6.07) is 7.44. The zero-order valence-corrected chi connectivity index (χ0v) is 16.7. The molecule has 2 N–H and O–H groups in total. The summed E-state index contributed by atoms with van der Waals surface area (Å²) in [7, 11) is 0. The quantitative estimate of drug-likeness (QED) is 0.839. The number of carbonyl (C=O) groups excluding carboxylic acids is 2. The molecule has 0 spiro atoms. The third-order valence-corrected chi connectivity index (χ3v) is 6.53. The molecule has 2 fully saturated rings. The van der Waals surface area contributed by atoms with E-state index in [2.05, 4.69) is 0 Å². The summed E-state index contributed by atoms with van der Waals surface area (Å²) in [6.07, 6.45) is 6.59. The van der Waals surface area contributed by atoms with Gasteiger partial charge in [-0.2, -0.15) is 0 Å². The minimum absolute atomic E-state index is 0.00759. The first-order valence-electron chi connectivity index (χ1n) is 10.0. The van der Waals surface area contributed by atoms with E-state index in [1.807, 2.05) is 28.0 Å². The largest absolute Gasteiger partial charge is 0.339 e. The average molecular weight is 392 g/mol. The molecule has 0 radical (unpaired) electrons. The van der Waals surface area contributed by atoms with Crippen LogP contribution in [0.25, 0.3) is 0 Å². The lowest BCUT2D eigenvalue weighted by atomic mass is 9.71. The molecule has 0 atom stereocenters. The first-order valence-corrected chi connectivity index (χ1v) is 10.4. The lowest BCUT2D eigenvalue weighted by Gasteiger charge is -2.39. The highest BCUT2D eigenvalue weighted by Crippen LogP contribution is 2.38. The summed E-state index contributed by atoms with van der Waals surface area (Å²) < 4.78 is 0. The second-order valence-corrected chi connectivity index (χ2v) is 8.38. The highest BCUT2D eigenvalue weighted by Gasteiger charge is 2.35. The van der Waals surface area contributed by atoms with Gasteiger partial charge in [-0.1, -0.05) is 49.1 Å². The van der Waals surface area contributed by atoms with Crippen LogP contribution in [0.3, 0.4) is 0 Å². The zero-order chi connectivity index (χ0) is 19.3. The SMILES string of the molecule is NCC1(CC(=O)N2CCN(C(=O)Cc3ccccc3Cl)CC2)CCCCC1. The van der Waals surface area contributed by atoms with Crippen LogP contribution in [0.5, 0.6) is 0 Å². The predicted octanol–water partition coefficient (Wildman–Crippen LogP) is 2.85. The zero-order valence-electron chi connectivity index (χ0n) is 16.0. The number of piperazine rings is 1. The maximum Gasteiger partial charge on any atom is 0.227 e. The summed E-state index contributed by atoms with van der Waals surface area (Å²) in [5.41, 5.74) is 6.87. The number of halogens is 1. The molecule has 1 aromatic carbocycles. The summed E-state index contributed by atoms with van der Waals surface area (Å²) in [4.78, 5) is 29.1. The standard InChI is InChI=1S/C21H30ClN3O2/c22-18-7-3-2-6-17(18)14-19(26)24-10-12-25(13-11-24)20(27)15-21(16-23)8-4-1-5-9-21/h2-3,6-7H,1,4-5,8-16,23H2. The van der Waals surface area contributed by atoms with E-state index in [9.17, 15) is 9.59 Å². The Hall–Kier alpha value is -1.59. The fraction of sp³-hybridized carbons (Fsp3) is 0.619. The third kappa shape index (κ3) is 5.02. The van der Waals surface area contributed by atoms with Crippen molar-refractivity contribution in [3.05, 3.63) is 34.9 Å². The van der Waals surface area contributed by atoms with Crippen molar-refractivity contribution in [1.82, 2.24) is 9.80 Å². The van der Waals surface area contributed by atoms with E-state index in [0.29, 0.717) is 50.6 Å². The number of rotatable bonds is 5. The van der Waals surface area contributed by atoms with E-state index in [1.54, 1.807) is 6.07 Å². The minimum atomic E-state index is -0.00759. The van der Waals surface area contributed by atoms with Gasteiger partial charge in [0, 0.05) is 37.6 Å².